The van der Waals surface area contributed by atoms with Crippen LogP contribution in [0.2, 0.25) is 0 Å². The molecule has 11 aromatic rings. The molecule has 0 spiro atoms. The smallest absolute Gasteiger partial charge is 0.159 e. The standard InChI is InChI=1S/C60H43N5.C2H6/c1-60(2)51-27-14-12-25-45(51)47-36-50-49-35-41(40-29-31-54-48(34-40)46-26-13-15-28-53(46)64(54)43-22-10-5-11-23-43)30-32-55(49)65(56(50)37-52(47)60)44-24-16-21-42(33-44)59-62-57(38-17-6-3-7-18-38)61-58(63-59)39-19-8-4-9-20-39;1-2/h3-37,57H,1-2H3,(H,61,62,63);1-2H3. The van der Waals surface area contributed by atoms with Gasteiger partial charge in [0.25, 0.3) is 0 Å². The Labute approximate surface area is 391 Å². The third-order valence-electron chi connectivity index (χ3n) is 13.8. The van der Waals surface area contributed by atoms with E-state index in [4.69, 9.17) is 9.98 Å². The summed E-state index contributed by atoms with van der Waals surface area (Å²) in [5, 5.41) is 8.55. The maximum atomic E-state index is 5.25. The van der Waals surface area contributed by atoms with Crippen LogP contribution < -0.4 is 5.32 Å². The number of benzene rings is 9. The molecule has 67 heavy (non-hydrogen) atoms. The summed E-state index contributed by atoms with van der Waals surface area (Å²) >= 11 is 0. The summed E-state index contributed by atoms with van der Waals surface area (Å²) in [6.45, 7) is 8.72. The minimum atomic E-state index is -0.283. The molecule has 1 aliphatic heterocycles. The van der Waals surface area contributed by atoms with Crippen LogP contribution in [0.3, 0.4) is 0 Å². The van der Waals surface area contributed by atoms with Crippen LogP contribution in [0.4, 0.5) is 0 Å². The van der Waals surface area contributed by atoms with Crippen LogP contribution in [-0.2, 0) is 5.41 Å². The van der Waals surface area contributed by atoms with Gasteiger partial charge in [-0.05, 0) is 106 Å². The number of hydrogen-bond acceptors (Lipinski definition) is 3. The highest BCUT2D eigenvalue weighted by molar-refractivity contribution is 6.15. The van der Waals surface area contributed by atoms with E-state index in [0.717, 1.165) is 39.4 Å². The number of fused-ring (bicyclic) bond motifs is 9. The Kier molecular flexibility index (Phi) is 9.61. The second-order valence-electron chi connectivity index (χ2n) is 17.9. The van der Waals surface area contributed by atoms with Gasteiger partial charge in [-0.2, -0.15) is 0 Å². The first-order valence-corrected chi connectivity index (χ1v) is 23.4. The summed E-state index contributed by atoms with van der Waals surface area (Å²) in [4.78, 5) is 10.4. The highest BCUT2D eigenvalue weighted by Gasteiger charge is 2.36. The number of aliphatic imine (C=N–C) groups is 2. The zero-order valence-corrected chi connectivity index (χ0v) is 38.1. The zero-order valence-electron chi connectivity index (χ0n) is 38.1. The highest BCUT2D eigenvalue weighted by Crippen LogP contribution is 2.51. The average molecular weight is 864 g/mol. The largest absolute Gasteiger partial charge is 0.344 e. The number of amidine groups is 2. The molecule has 0 radical (unpaired) electrons. The van der Waals surface area contributed by atoms with E-state index in [1.54, 1.807) is 0 Å². The number of hydrogen-bond donors (Lipinski definition) is 1. The Morgan fingerprint density at radius 2 is 0.985 bits per heavy atom. The van der Waals surface area contributed by atoms with Gasteiger partial charge in [0.05, 0.1) is 22.1 Å². The maximum absolute atomic E-state index is 5.25. The Bertz CT molecular complexity index is 3760. The normalized spacial score (nSPS) is 14.8. The van der Waals surface area contributed by atoms with Crippen LogP contribution in [0.5, 0.6) is 0 Å². The molecule has 13 rings (SSSR count). The van der Waals surface area contributed by atoms with E-state index in [2.05, 4.69) is 228 Å². The van der Waals surface area contributed by atoms with Crippen molar-refractivity contribution in [2.24, 2.45) is 9.98 Å². The maximum Gasteiger partial charge on any atom is 0.159 e. The quantitative estimate of drug-likeness (QED) is 0.178. The van der Waals surface area contributed by atoms with Crippen molar-refractivity contribution in [3.8, 4) is 33.6 Å². The summed E-state index contributed by atoms with van der Waals surface area (Å²) in [5.41, 5.74) is 17.6. The van der Waals surface area contributed by atoms with Gasteiger partial charge in [0.1, 0.15) is 12.0 Å². The van der Waals surface area contributed by atoms with Crippen molar-refractivity contribution in [3.63, 3.8) is 0 Å². The van der Waals surface area contributed by atoms with Gasteiger partial charge in [0.15, 0.2) is 5.84 Å². The van der Waals surface area contributed by atoms with Gasteiger partial charge in [-0.1, -0.05) is 173 Å². The SMILES string of the molecule is CC.CC1(C)c2ccccc2-c2cc3c4cc(-c5ccc6c(c5)c5ccccc5n6-c5ccccc5)ccc4n(-c4cccc(C5=NC(c6ccccc6)NC(c6ccccc6)=N5)c4)c3cc21. The molecule has 322 valence electrons. The van der Waals surface area contributed by atoms with Crippen LogP contribution in [0.1, 0.15) is 61.7 Å². The number of nitrogens with one attached hydrogen (secondary N) is 1. The molecule has 1 unspecified atom stereocenters. The van der Waals surface area contributed by atoms with E-state index in [1.165, 1.54) is 71.5 Å². The Morgan fingerprint density at radius 1 is 0.418 bits per heavy atom. The fourth-order valence-electron chi connectivity index (χ4n) is 10.6. The molecule has 0 saturated heterocycles. The summed E-state index contributed by atoms with van der Waals surface area (Å²) in [5.74, 6) is 1.50. The molecule has 0 bridgehead atoms. The minimum absolute atomic E-state index is 0.151. The number of nitrogens with zero attached hydrogens (tertiary/aromatic N) is 4. The summed E-state index contributed by atoms with van der Waals surface area (Å²) in [6, 6.07) is 76.7. The van der Waals surface area contributed by atoms with Crippen molar-refractivity contribution in [1.82, 2.24) is 14.5 Å². The van der Waals surface area contributed by atoms with Crippen molar-refractivity contribution in [1.29, 1.82) is 0 Å². The van der Waals surface area contributed by atoms with Crippen LogP contribution in [0.25, 0.3) is 77.2 Å². The molecule has 2 aromatic heterocycles. The molecular formula is C62H49N5. The van der Waals surface area contributed by atoms with Crippen LogP contribution >= 0.6 is 0 Å². The average Bonchev–Trinajstić information content (AvgIpc) is 3.98. The molecule has 0 saturated carbocycles. The third kappa shape index (κ3) is 6.53. The fraction of sp³-hybridized carbons (Fsp3) is 0.0968. The van der Waals surface area contributed by atoms with Crippen molar-refractivity contribution in [2.75, 3.05) is 0 Å². The number of rotatable bonds is 6. The third-order valence-corrected chi connectivity index (χ3v) is 13.8. The van der Waals surface area contributed by atoms with Gasteiger partial charge in [-0.3, -0.25) is 0 Å². The highest BCUT2D eigenvalue weighted by atomic mass is 15.2. The number of aromatic nitrogens is 2. The van der Waals surface area contributed by atoms with Gasteiger partial charge in [0, 0.05) is 49.5 Å². The summed E-state index contributed by atoms with van der Waals surface area (Å²) in [7, 11) is 0. The topological polar surface area (TPSA) is 46.6 Å². The molecule has 5 heteroatoms. The van der Waals surface area contributed by atoms with Crippen LogP contribution in [0, 0.1) is 0 Å². The summed E-state index contributed by atoms with van der Waals surface area (Å²) in [6.07, 6.45) is -0.283. The molecule has 0 amide bonds. The van der Waals surface area contributed by atoms with Gasteiger partial charge in [-0.25, -0.2) is 9.98 Å². The van der Waals surface area contributed by atoms with E-state index in [9.17, 15) is 0 Å². The van der Waals surface area contributed by atoms with E-state index in [1.807, 2.05) is 26.0 Å². The second-order valence-corrected chi connectivity index (χ2v) is 17.9. The number of para-hydroxylation sites is 2. The summed E-state index contributed by atoms with van der Waals surface area (Å²) < 4.78 is 4.83. The molecule has 1 aliphatic carbocycles. The van der Waals surface area contributed by atoms with Crippen LogP contribution in [-0.4, -0.2) is 20.8 Å². The lowest BCUT2D eigenvalue weighted by Crippen LogP contribution is -2.33. The molecule has 1 N–H and O–H groups in total. The predicted molar refractivity (Wildman–Crippen MR) is 281 cm³/mol. The molecule has 2 aliphatic rings. The van der Waals surface area contributed by atoms with E-state index >= 15 is 0 Å². The first-order chi connectivity index (χ1) is 33.0. The van der Waals surface area contributed by atoms with Gasteiger partial charge in [-0.15, -0.1) is 0 Å². The van der Waals surface area contributed by atoms with E-state index in [0.29, 0.717) is 5.84 Å². The zero-order chi connectivity index (χ0) is 45.2. The van der Waals surface area contributed by atoms with Gasteiger partial charge >= 0.3 is 0 Å². The van der Waals surface area contributed by atoms with Crippen molar-refractivity contribution < 1.29 is 0 Å². The van der Waals surface area contributed by atoms with Crippen molar-refractivity contribution in [3.05, 3.63) is 240 Å². The lowest BCUT2D eigenvalue weighted by molar-refractivity contribution is 0.661. The minimum Gasteiger partial charge on any atom is -0.344 e. The Morgan fingerprint density at radius 3 is 1.73 bits per heavy atom. The van der Waals surface area contributed by atoms with E-state index < -0.39 is 0 Å². The van der Waals surface area contributed by atoms with Crippen molar-refractivity contribution >= 4 is 55.3 Å². The monoisotopic (exact) mass is 863 g/mol. The first-order valence-electron chi connectivity index (χ1n) is 23.4. The fourth-order valence-corrected chi connectivity index (χ4v) is 10.6. The van der Waals surface area contributed by atoms with E-state index in [-0.39, 0.29) is 11.6 Å². The Balaban J connectivity index is 0.00000231. The molecule has 5 nitrogen and oxygen atoms in total. The lowest BCUT2D eigenvalue weighted by Gasteiger charge is -2.24. The lowest BCUT2D eigenvalue weighted by atomic mass is 9.82. The molecule has 9 aromatic carbocycles. The first kappa shape index (κ1) is 40.2. The second kappa shape index (κ2) is 16.0. The predicted octanol–water partition coefficient (Wildman–Crippen LogP) is 15.4. The molecule has 1 atom stereocenters. The molecule has 3 heterocycles. The van der Waals surface area contributed by atoms with Crippen LogP contribution in [0.15, 0.2) is 222 Å². The van der Waals surface area contributed by atoms with Crippen molar-refractivity contribution in [2.45, 2.75) is 39.3 Å². The molecule has 0 fully saturated rings. The van der Waals surface area contributed by atoms with Gasteiger partial charge < -0.3 is 14.5 Å². The van der Waals surface area contributed by atoms with Gasteiger partial charge in [0.2, 0.25) is 0 Å². The Hall–Kier alpha value is -8.28. The molecular weight excluding hydrogens is 815 g/mol.